The van der Waals surface area contributed by atoms with Crippen molar-refractivity contribution in [2.75, 3.05) is 35.1 Å². The Morgan fingerprint density at radius 3 is 2.42 bits per heavy atom. The lowest BCUT2D eigenvalue weighted by molar-refractivity contribution is -0.671. The van der Waals surface area contributed by atoms with E-state index < -0.39 is 0 Å². The zero-order valence-electron chi connectivity index (χ0n) is 23.8. The average Bonchev–Trinajstić information content (AvgIpc) is 3.58. The molecule has 2 amide bonds. The minimum absolute atomic E-state index is 0. The van der Waals surface area contributed by atoms with E-state index in [0.717, 1.165) is 22.5 Å². The largest absolute Gasteiger partial charge is 1.00 e. The standard InChI is InChI=1S/C31H31Cl2N7O2.ClH/c1-38-13-3-4-21(19-38)18-34-30(41)23-7-10-26-27(16-23)37-29(36-26)28-17-24(20-39(28)2)35-31(42)22-5-8-25(9-6-22)40(14-11-32)15-12-33;/h3-10,13,16-17,19-20H,11-12,14-15,18H2,1-2H3,(H2-,34,35,36,37,41,42);1H. The molecule has 3 heterocycles. The zero-order chi connectivity index (χ0) is 29.6. The summed E-state index contributed by atoms with van der Waals surface area (Å²) in [5, 5.41) is 5.93. The maximum Gasteiger partial charge on any atom is 0.255 e. The van der Waals surface area contributed by atoms with Crippen LogP contribution >= 0.6 is 23.2 Å². The van der Waals surface area contributed by atoms with E-state index in [4.69, 9.17) is 28.2 Å². The maximum absolute atomic E-state index is 13.0. The smallest absolute Gasteiger partial charge is 0.255 e. The number of amides is 2. The van der Waals surface area contributed by atoms with Crippen molar-refractivity contribution in [1.29, 1.82) is 0 Å². The summed E-state index contributed by atoms with van der Waals surface area (Å²) in [5.74, 6) is 1.22. The molecule has 3 N–H and O–H groups in total. The summed E-state index contributed by atoms with van der Waals surface area (Å²) in [5.41, 5.74) is 5.95. The van der Waals surface area contributed by atoms with Crippen LogP contribution in [0.2, 0.25) is 0 Å². The molecular formula is C31H32Cl3N7O2. The van der Waals surface area contributed by atoms with Crippen LogP contribution in [0.25, 0.3) is 22.6 Å². The Balaban J connectivity index is 0.00000423. The molecule has 12 heteroatoms. The third-order valence-electron chi connectivity index (χ3n) is 6.91. The molecule has 224 valence electrons. The molecule has 3 aromatic heterocycles. The Bertz CT molecular complexity index is 1710. The summed E-state index contributed by atoms with van der Waals surface area (Å²) in [6.07, 6.45) is 5.75. The number of nitrogens with one attached hydrogen (secondary N) is 3. The van der Waals surface area contributed by atoms with Gasteiger partial charge in [0.2, 0.25) is 0 Å². The first-order valence-electron chi connectivity index (χ1n) is 13.5. The Morgan fingerprint density at radius 2 is 1.72 bits per heavy atom. The summed E-state index contributed by atoms with van der Waals surface area (Å²) in [7, 11) is 3.83. The molecule has 0 aliphatic rings. The van der Waals surface area contributed by atoms with E-state index in [-0.39, 0.29) is 24.2 Å². The fourth-order valence-electron chi connectivity index (χ4n) is 4.78. The summed E-state index contributed by atoms with van der Waals surface area (Å²) in [6.45, 7) is 1.78. The van der Waals surface area contributed by atoms with Gasteiger partial charge in [0, 0.05) is 73.1 Å². The van der Waals surface area contributed by atoms with Crippen molar-refractivity contribution < 1.29 is 26.6 Å². The number of anilines is 2. The monoisotopic (exact) mass is 639 g/mol. The Hall–Kier alpha value is -4.05. The van der Waals surface area contributed by atoms with Crippen LogP contribution in [0.15, 0.2) is 79.3 Å². The van der Waals surface area contributed by atoms with Gasteiger partial charge in [-0.2, -0.15) is 0 Å². The molecule has 43 heavy (non-hydrogen) atoms. The number of aryl methyl sites for hydroxylation is 2. The van der Waals surface area contributed by atoms with Crippen molar-refractivity contribution >= 4 is 57.4 Å². The summed E-state index contributed by atoms with van der Waals surface area (Å²) < 4.78 is 3.83. The molecule has 0 radical (unpaired) electrons. The van der Waals surface area contributed by atoms with Gasteiger partial charge in [0.05, 0.1) is 22.4 Å². The van der Waals surface area contributed by atoms with E-state index in [1.807, 2.05) is 78.2 Å². The van der Waals surface area contributed by atoms with Gasteiger partial charge in [-0.15, -0.1) is 23.2 Å². The van der Waals surface area contributed by atoms with E-state index in [2.05, 4.69) is 20.5 Å². The predicted molar refractivity (Wildman–Crippen MR) is 167 cm³/mol. The molecule has 0 fully saturated rings. The second-order valence-electron chi connectivity index (χ2n) is 9.97. The van der Waals surface area contributed by atoms with E-state index in [9.17, 15) is 9.59 Å². The highest BCUT2D eigenvalue weighted by Crippen LogP contribution is 2.26. The number of alkyl halides is 2. The number of nitrogens with zero attached hydrogens (tertiary/aromatic N) is 4. The van der Waals surface area contributed by atoms with Crippen LogP contribution < -0.4 is 32.5 Å². The van der Waals surface area contributed by atoms with Crippen molar-refractivity contribution in [3.8, 4) is 11.5 Å². The first-order chi connectivity index (χ1) is 20.3. The second-order valence-corrected chi connectivity index (χ2v) is 10.7. The van der Waals surface area contributed by atoms with E-state index >= 15 is 0 Å². The molecule has 9 nitrogen and oxygen atoms in total. The first kappa shape index (κ1) is 31.9. The fraction of sp³-hybridized carbons (Fsp3) is 0.226. The quantitative estimate of drug-likeness (QED) is 0.152. The first-order valence-corrected chi connectivity index (χ1v) is 14.6. The Morgan fingerprint density at radius 1 is 1.00 bits per heavy atom. The number of aromatic amines is 1. The van der Waals surface area contributed by atoms with Crippen molar-refractivity contribution in [2.45, 2.75) is 6.54 Å². The molecule has 2 aromatic carbocycles. The minimum atomic E-state index is -0.218. The van der Waals surface area contributed by atoms with Crippen LogP contribution in [0.4, 0.5) is 11.4 Å². The SMILES string of the molecule is Cn1cc(NC(=O)c2ccc(N(CCCl)CCCl)cc2)cc1-c1nc2cc(C(=O)NCc3ccc[n+](C)c3)ccc2[nH]1.[Cl-]. The third kappa shape index (κ3) is 7.67. The lowest BCUT2D eigenvalue weighted by atomic mass is 10.1. The maximum atomic E-state index is 13.0. The van der Waals surface area contributed by atoms with Crippen LogP contribution in [0, 0.1) is 0 Å². The normalized spacial score (nSPS) is 10.8. The van der Waals surface area contributed by atoms with E-state index in [0.29, 0.717) is 59.5 Å². The average molecular weight is 641 g/mol. The number of carbonyl (C=O) groups is 2. The third-order valence-corrected chi connectivity index (χ3v) is 7.25. The molecule has 0 atom stereocenters. The molecule has 0 unspecified atom stereocenters. The number of rotatable bonds is 11. The van der Waals surface area contributed by atoms with E-state index in [1.54, 1.807) is 24.3 Å². The zero-order valence-corrected chi connectivity index (χ0v) is 26.0. The Labute approximate surface area is 266 Å². The van der Waals surface area contributed by atoms with Gasteiger partial charge in [-0.3, -0.25) is 9.59 Å². The summed E-state index contributed by atoms with van der Waals surface area (Å²) in [4.78, 5) is 35.9. The molecule has 0 saturated carbocycles. The van der Waals surface area contributed by atoms with Gasteiger partial charge in [-0.1, -0.05) is 0 Å². The fourth-order valence-corrected chi connectivity index (χ4v) is 5.18. The number of H-pyrrole nitrogens is 1. The minimum Gasteiger partial charge on any atom is -1.00 e. The number of halogens is 3. The van der Waals surface area contributed by atoms with Crippen LogP contribution in [-0.4, -0.2) is 51.2 Å². The van der Waals surface area contributed by atoms with Crippen molar-refractivity contribution in [3.05, 3.63) is 95.9 Å². The topological polar surface area (TPSA) is 98.9 Å². The molecule has 0 bridgehead atoms. The molecule has 0 spiro atoms. The number of pyridine rings is 1. The van der Waals surface area contributed by atoms with Crippen LogP contribution in [0.1, 0.15) is 26.3 Å². The van der Waals surface area contributed by atoms with Gasteiger partial charge in [0.25, 0.3) is 11.8 Å². The molecule has 5 aromatic rings. The lowest BCUT2D eigenvalue weighted by Crippen LogP contribution is -3.00. The number of fused-ring (bicyclic) bond motifs is 1. The van der Waals surface area contributed by atoms with Gasteiger partial charge in [0.1, 0.15) is 7.05 Å². The van der Waals surface area contributed by atoms with Gasteiger partial charge in [-0.05, 0) is 54.6 Å². The number of aromatic nitrogens is 4. The molecule has 0 aliphatic carbocycles. The van der Waals surface area contributed by atoms with Gasteiger partial charge >= 0.3 is 0 Å². The number of imidazole rings is 1. The van der Waals surface area contributed by atoms with Gasteiger partial charge in [-0.25, -0.2) is 9.55 Å². The highest BCUT2D eigenvalue weighted by Gasteiger charge is 2.15. The number of hydrogen-bond acceptors (Lipinski definition) is 4. The van der Waals surface area contributed by atoms with Crippen LogP contribution in [-0.2, 0) is 20.6 Å². The summed E-state index contributed by atoms with van der Waals surface area (Å²) in [6, 6.07) is 18.5. The van der Waals surface area contributed by atoms with Crippen molar-refractivity contribution in [2.24, 2.45) is 14.1 Å². The molecule has 0 saturated heterocycles. The second kappa shape index (κ2) is 14.4. The number of hydrogen-bond donors (Lipinski definition) is 3. The number of carbonyl (C=O) groups excluding carboxylic acids is 2. The van der Waals surface area contributed by atoms with Gasteiger partial charge in [0.15, 0.2) is 18.2 Å². The summed E-state index contributed by atoms with van der Waals surface area (Å²) >= 11 is 11.8. The molecular weight excluding hydrogens is 609 g/mol. The van der Waals surface area contributed by atoms with Gasteiger partial charge < -0.3 is 37.5 Å². The van der Waals surface area contributed by atoms with Crippen LogP contribution in [0.5, 0.6) is 0 Å². The number of benzene rings is 2. The van der Waals surface area contributed by atoms with Crippen molar-refractivity contribution in [1.82, 2.24) is 19.9 Å². The van der Waals surface area contributed by atoms with E-state index in [1.165, 1.54) is 0 Å². The highest BCUT2D eigenvalue weighted by molar-refractivity contribution is 6.18. The highest BCUT2D eigenvalue weighted by atomic mass is 35.5. The Kier molecular flexibility index (Phi) is 10.7. The van der Waals surface area contributed by atoms with Crippen molar-refractivity contribution in [3.63, 3.8) is 0 Å². The lowest BCUT2D eigenvalue weighted by Gasteiger charge is -2.22. The predicted octanol–water partition coefficient (Wildman–Crippen LogP) is 1.86. The molecule has 0 aliphatic heterocycles. The molecule has 5 rings (SSSR count). The van der Waals surface area contributed by atoms with Crippen LogP contribution in [0.3, 0.4) is 0 Å².